The standard InChI is InChI=1S/C14H25N3O2/c1-3-6-14-15-13(16-19-14)10-17-8-5-4-7-12(17)9-11(2)18/h11-12,18H,3-10H2,1-2H3. The molecule has 0 amide bonds. The molecule has 1 aromatic heterocycles. The van der Waals surface area contributed by atoms with Crippen molar-refractivity contribution in [3.05, 3.63) is 11.7 Å². The van der Waals surface area contributed by atoms with Crippen LogP contribution < -0.4 is 0 Å². The van der Waals surface area contributed by atoms with Gasteiger partial charge in [0.1, 0.15) is 0 Å². The Morgan fingerprint density at radius 1 is 1.47 bits per heavy atom. The fourth-order valence-electron chi connectivity index (χ4n) is 2.78. The van der Waals surface area contributed by atoms with Crippen LogP contribution in [0.15, 0.2) is 4.52 Å². The Hall–Kier alpha value is -0.940. The Morgan fingerprint density at radius 3 is 3.05 bits per heavy atom. The molecular formula is C14H25N3O2. The van der Waals surface area contributed by atoms with Crippen molar-refractivity contribution in [2.75, 3.05) is 6.54 Å². The molecule has 0 bridgehead atoms. The van der Waals surface area contributed by atoms with Crippen LogP contribution in [0.2, 0.25) is 0 Å². The van der Waals surface area contributed by atoms with Crippen molar-refractivity contribution in [1.29, 1.82) is 0 Å². The highest BCUT2D eigenvalue weighted by Crippen LogP contribution is 2.22. The van der Waals surface area contributed by atoms with Crippen LogP contribution in [0.3, 0.4) is 0 Å². The summed E-state index contributed by atoms with van der Waals surface area (Å²) in [5, 5.41) is 13.6. The van der Waals surface area contributed by atoms with Crippen molar-refractivity contribution in [3.63, 3.8) is 0 Å². The summed E-state index contributed by atoms with van der Waals surface area (Å²) in [6, 6.07) is 0.446. The van der Waals surface area contributed by atoms with Gasteiger partial charge in [0.05, 0.1) is 12.6 Å². The summed E-state index contributed by atoms with van der Waals surface area (Å²) in [7, 11) is 0. The van der Waals surface area contributed by atoms with Gasteiger partial charge >= 0.3 is 0 Å². The molecule has 1 fully saturated rings. The molecule has 2 rings (SSSR count). The van der Waals surface area contributed by atoms with Gasteiger partial charge in [-0.15, -0.1) is 0 Å². The second kappa shape index (κ2) is 7.01. The monoisotopic (exact) mass is 267 g/mol. The minimum absolute atomic E-state index is 0.244. The van der Waals surface area contributed by atoms with Gasteiger partial charge < -0.3 is 9.63 Å². The fourth-order valence-corrected chi connectivity index (χ4v) is 2.78. The zero-order valence-electron chi connectivity index (χ0n) is 12.0. The molecule has 1 aromatic rings. The highest BCUT2D eigenvalue weighted by molar-refractivity contribution is 4.89. The van der Waals surface area contributed by atoms with Gasteiger partial charge in [-0.25, -0.2) is 0 Å². The van der Waals surface area contributed by atoms with Crippen LogP contribution in [0.4, 0.5) is 0 Å². The quantitative estimate of drug-likeness (QED) is 0.855. The molecule has 19 heavy (non-hydrogen) atoms. The van der Waals surface area contributed by atoms with Crippen molar-refractivity contribution in [2.45, 2.75) is 71.1 Å². The molecule has 0 saturated carbocycles. The van der Waals surface area contributed by atoms with Gasteiger partial charge in [0, 0.05) is 12.5 Å². The molecule has 1 saturated heterocycles. The number of hydrogen-bond acceptors (Lipinski definition) is 5. The Balaban J connectivity index is 1.94. The van der Waals surface area contributed by atoms with E-state index in [-0.39, 0.29) is 6.10 Å². The van der Waals surface area contributed by atoms with Crippen LogP contribution >= 0.6 is 0 Å². The Morgan fingerprint density at radius 2 is 2.32 bits per heavy atom. The molecule has 2 unspecified atom stereocenters. The summed E-state index contributed by atoms with van der Waals surface area (Å²) < 4.78 is 5.23. The van der Waals surface area contributed by atoms with Gasteiger partial charge in [-0.2, -0.15) is 4.98 Å². The van der Waals surface area contributed by atoms with Crippen molar-refractivity contribution < 1.29 is 9.63 Å². The SMILES string of the molecule is CCCc1nc(CN2CCCCC2CC(C)O)no1. The molecular weight excluding hydrogens is 242 g/mol. The molecule has 108 valence electrons. The highest BCUT2D eigenvalue weighted by Gasteiger charge is 2.25. The first-order valence-corrected chi connectivity index (χ1v) is 7.42. The van der Waals surface area contributed by atoms with Gasteiger partial charge in [0.15, 0.2) is 5.82 Å². The topological polar surface area (TPSA) is 62.4 Å². The largest absolute Gasteiger partial charge is 0.393 e. The maximum absolute atomic E-state index is 9.59. The predicted molar refractivity (Wildman–Crippen MR) is 72.6 cm³/mol. The number of piperidine rings is 1. The zero-order valence-corrected chi connectivity index (χ0v) is 12.0. The first kappa shape index (κ1) is 14.5. The molecule has 5 nitrogen and oxygen atoms in total. The number of rotatable bonds is 6. The fraction of sp³-hybridized carbons (Fsp3) is 0.857. The molecule has 1 aliphatic heterocycles. The summed E-state index contributed by atoms with van der Waals surface area (Å²) in [5.74, 6) is 1.52. The van der Waals surface area contributed by atoms with E-state index in [1.807, 2.05) is 6.92 Å². The molecule has 0 spiro atoms. The Kier molecular flexibility index (Phi) is 5.34. The van der Waals surface area contributed by atoms with Crippen LogP contribution in [-0.4, -0.2) is 38.8 Å². The average molecular weight is 267 g/mol. The summed E-state index contributed by atoms with van der Waals surface area (Å²) in [6.07, 6.45) is 6.09. The van der Waals surface area contributed by atoms with Gasteiger partial charge in [0.25, 0.3) is 0 Å². The van der Waals surface area contributed by atoms with E-state index in [1.54, 1.807) is 0 Å². The van der Waals surface area contributed by atoms with Crippen molar-refractivity contribution in [2.24, 2.45) is 0 Å². The number of aryl methyl sites for hydroxylation is 1. The molecule has 2 heterocycles. The van der Waals surface area contributed by atoms with Gasteiger partial charge in [-0.3, -0.25) is 4.90 Å². The average Bonchev–Trinajstić information content (AvgIpc) is 2.79. The van der Waals surface area contributed by atoms with Crippen molar-refractivity contribution in [1.82, 2.24) is 15.0 Å². The van der Waals surface area contributed by atoms with Gasteiger partial charge in [-0.05, 0) is 39.2 Å². The first-order valence-electron chi connectivity index (χ1n) is 7.42. The maximum Gasteiger partial charge on any atom is 0.226 e. The van der Waals surface area contributed by atoms with E-state index < -0.39 is 0 Å². The van der Waals surface area contributed by atoms with Crippen molar-refractivity contribution in [3.8, 4) is 0 Å². The van der Waals surface area contributed by atoms with E-state index in [0.717, 1.165) is 50.5 Å². The lowest BCUT2D eigenvalue weighted by Gasteiger charge is -2.35. The summed E-state index contributed by atoms with van der Waals surface area (Å²) in [5.41, 5.74) is 0. The molecule has 2 atom stereocenters. The lowest BCUT2D eigenvalue weighted by Crippen LogP contribution is -2.40. The molecule has 0 aromatic carbocycles. The van der Waals surface area contributed by atoms with Gasteiger partial charge in [0.2, 0.25) is 5.89 Å². The maximum atomic E-state index is 9.59. The third-order valence-corrected chi connectivity index (χ3v) is 3.68. The molecule has 1 N–H and O–H groups in total. The van der Waals surface area contributed by atoms with Crippen LogP contribution in [0.1, 0.15) is 57.7 Å². The summed E-state index contributed by atoms with van der Waals surface area (Å²) in [6.45, 7) is 5.77. The second-order valence-electron chi connectivity index (χ2n) is 5.56. The van der Waals surface area contributed by atoms with Crippen LogP contribution in [0, 0.1) is 0 Å². The smallest absolute Gasteiger partial charge is 0.226 e. The summed E-state index contributed by atoms with van der Waals surface area (Å²) in [4.78, 5) is 6.81. The normalized spacial score (nSPS) is 22.6. The van der Waals surface area contributed by atoms with Gasteiger partial charge in [-0.1, -0.05) is 18.5 Å². The number of aliphatic hydroxyl groups excluding tert-OH is 1. The van der Waals surface area contributed by atoms with Crippen molar-refractivity contribution >= 4 is 0 Å². The molecule has 1 aliphatic rings. The van der Waals surface area contributed by atoms with E-state index in [9.17, 15) is 5.11 Å². The lowest BCUT2D eigenvalue weighted by atomic mass is 9.97. The first-order chi connectivity index (χ1) is 9.19. The number of aromatic nitrogens is 2. The minimum Gasteiger partial charge on any atom is -0.393 e. The third kappa shape index (κ3) is 4.28. The van der Waals surface area contributed by atoms with E-state index in [1.165, 1.54) is 12.8 Å². The minimum atomic E-state index is -0.244. The van der Waals surface area contributed by atoms with Crippen LogP contribution in [0.5, 0.6) is 0 Å². The van der Waals surface area contributed by atoms with Crippen LogP contribution in [-0.2, 0) is 13.0 Å². The van der Waals surface area contributed by atoms with E-state index >= 15 is 0 Å². The molecule has 0 aliphatic carbocycles. The Labute approximate surface area is 115 Å². The zero-order chi connectivity index (χ0) is 13.7. The second-order valence-corrected chi connectivity index (χ2v) is 5.56. The number of likely N-dealkylation sites (tertiary alicyclic amines) is 1. The number of hydrogen-bond donors (Lipinski definition) is 1. The van der Waals surface area contributed by atoms with Crippen LogP contribution in [0.25, 0.3) is 0 Å². The third-order valence-electron chi connectivity index (χ3n) is 3.68. The van der Waals surface area contributed by atoms with E-state index in [4.69, 9.17) is 4.52 Å². The predicted octanol–water partition coefficient (Wildman–Crippen LogP) is 2.15. The number of nitrogens with zero attached hydrogens (tertiary/aromatic N) is 3. The highest BCUT2D eigenvalue weighted by atomic mass is 16.5. The van der Waals surface area contributed by atoms with E-state index in [2.05, 4.69) is 22.0 Å². The summed E-state index contributed by atoms with van der Waals surface area (Å²) >= 11 is 0. The lowest BCUT2D eigenvalue weighted by molar-refractivity contribution is 0.0794. The Bertz CT molecular complexity index is 379. The molecule has 0 radical (unpaired) electrons. The number of aliphatic hydroxyl groups is 1. The molecule has 5 heteroatoms. The van der Waals surface area contributed by atoms with E-state index in [0.29, 0.717) is 6.04 Å².